The summed E-state index contributed by atoms with van der Waals surface area (Å²) in [5, 5.41) is 9.16. The molecule has 8 nitrogen and oxygen atoms in total. The molecule has 0 bridgehead atoms. The van der Waals surface area contributed by atoms with Crippen molar-refractivity contribution in [3.8, 4) is 23.1 Å². The predicted octanol–water partition coefficient (Wildman–Crippen LogP) is 12.4. The van der Waals surface area contributed by atoms with E-state index in [0.717, 1.165) is 93.2 Å². The van der Waals surface area contributed by atoms with Crippen LogP contribution in [0.1, 0.15) is 0 Å². The maximum atomic E-state index is 5.24. The van der Waals surface area contributed by atoms with Gasteiger partial charge in [0.1, 0.15) is 5.52 Å². The van der Waals surface area contributed by atoms with Crippen LogP contribution in [0.25, 0.3) is 122 Å². The number of nitrogens with zero attached hydrogens (tertiary/aromatic N) is 8. The minimum absolute atomic E-state index is 0.516. The van der Waals surface area contributed by atoms with E-state index in [2.05, 4.69) is 188 Å². The summed E-state index contributed by atoms with van der Waals surface area (Å²) >= 11 is 0. The van der Waals surface area contributed by atoms with Crippen molar-refractivity contribution >= 4 is 98.4 Å². The quantitative estimate of drug-likeness (QED) is 0.178. The number of benzene rings is 7. The van der Waals surface area contributed by atoms with Gasteiger partial charge in [0, 0.05) is 48.8 Å². The molecule has 0 aliphatic heterocycles. The molecule has 0 aliphatic carbocycles. The molecule has 0 unspecified atom stereocenters. The zero-order chi connectivity index (χ0) is 40.5. The molecule has 0 aliphatic rings. The van der Waals surface area contributed by atoms with Crippen LogP contribution in [0.5, 0.6) is 0 Å². The summed E-state index contributed by atoms with van der Waals surface area (Å²) in [6.07, 6.45) is 3.65. The van der Waals surface area contributed by atoms with Gasteiger partial charge in [0.05, 0.1) is 62.2 Å². The summed E-state index contributed by atoms with van der Waals surface area (Å²) in [5.41, 5.74) is 11.8. The third-order valence-corrected chi connectivity index (χ3v) is 12.5. The Morgan fingerprint density at radius 3 is 1.58 bits per heavy atom. The fourth-order valence-corrected chi connectivity index (χ4v) is 9.98. The van der Waals surface area contributed by atoms with Gasteiger partial charge >= 0.3 is 0 Å². The number of para-hydroxylation sites is 5. The Morgan fingerprint density at radius 1 is 0.387 bits per heavy atom. The summed E-state index contributed by atoms with van der Waals surface area (Å²) in [6.45, 7) is 0. The maximum Gasteiger partial charge on any atom is 0.236 e. The maximum absolute atomic E-state index is 5.24. The zero-order valence-corrected chi connectivity index (χ0v) is 32.9. The minimum atomic E-state index is 0.516. The number of aromatic nitrogens is 8. The third-order valence-electron chi connectivity index (χ3n) is 12.5. The molecule has 14 aromatic rings. The lowest BCUT2D eigenvalue weighted by atomic mass is 10.1. The Morgan fingerprint density at radius 2 is 0.935 bits per heavy atom. The second-order valence-corrected chi connectivity index (χ2v) is 15.8. The highest BCUT2D eigenvalue weighted by Crippen LogP contribution is 2.42. The van der Waals surface area contributed by atoms with E-state index in [1.807, 2.05) is 24.5 Å². The Balaban J connectivity index is 0.996. The van der Waals surface area contributed by atoms with Gasteiger partial charge in [-0.2, -0.15) is 4.98 Å². The Kier molecular flexibility index (Phi) is 6.60. The van der Waals surface area contributed by atoms with Crippen molar-refractivity contribution in [1.82, 2.24) is 38.2 Å². The fourth-order valence-electron chi connectivity index (χ4n) is 9.98. The molecule has 0 saturated heterocycles. The molecule has 8 aromatic carbocycles. The van der Waals surface area contributed by atoms with Crippen molar-refractivity contribution in [3.05, 3.63) is 194 Å². The van der Waals surface area contributed by atoms with E-state index in [1.165, 1.54) is 5.39 Å². The second kappa shape index (κ2) is 12.4. The monoisotopic (exact) mass is 790 g/mol. The van der Waals surface area contributed by atoms with Gasteiger partial charge in [0.15, 0.2) is 11.5 Å². The summed E-state index contributed by atoms with van der Waals surface area (Å²) in [5.74, 6) is 1.23. The molecule has 0 spiro atoms. The van der Waals surface area contributed by atoms with Gasteiger partial charge in [0.25, 0.3) is 0 Å². The first-order valence-electron chi connectivity index (χ1n) is 20.6. The van der Waals surface area contributed by atoms with E-state index in [-0.39, 0.29) is 0 Å². The lowest BCUT2D eigenvalue weighted by Crippen LogP contribution is -2.05. The Hall–Kier alpha value is -8.80. The summed E-state index contributed by atoms with van der Waals surface area (Å²) < 4.78 is 9.05. The summed E-state index contributed by atoms with van der Waals surface area (Å²) in [4.78, 5) is 20.6. The van der Waals surface area contributed by atoms with Crippen molar-refractivity contribution in [1.29, 1.82) is 0 Å². The SMILES string of the molecule is c1cccc(-n2c3ccccc3c3cc4c(cc32)c2ccccc2n4-c2cnc3nc(-n4c5ccccc5c5ccc6c7ccccc7n(-c7ccccc7)c6c54)ncc3n2)c#1. The van der Waals surface area contributed by atoms with Crippen molar-refractivity contribution in [2.75, 3.05) is 0 Å². The first-order valence-corrected chi connectivity index (χ1v) is 20.6. The number of fused-ring (bicyclic) bond motifs is 14. The van der Waals surface area contributed by atoms with Crippen molar-refractivity contribution < 1.29 is 0 Å². The van der Waals surface area contributed by atoms with E-state index in [9.17, 15) is 0 Å². The van der Waals surface area contributed by atoms with Crippen LogP contribution in [0.15, 0.2) is 182 Å². The first kappa shape index (κ1) is 33.1. The topological polar surface area (TPSA) is 71.3 Å². The van der Waals surface area contributed by atoms with E-state index >= 15 is 0 Å². The molecule has 6 heterocycles. The first-order chi connectivity index (χ1) is 30.8. The highest BCUT2D eigenvalue weighted by molar-refractivity contribution is 6.24. The third kappa shape index (κ3) is 4.45. The van der Waals surface area contributed by atoms with Gasteiger partial charge < -0.3 is 9.13 Å². The molecule has 286 valence electrons. The minimum Gasteiger partial charge on any atom is -0.307 e. The molecular weight excluding hydrogens is 761 g/mol. The predicted molar refractivity (Wildman–Crippen MR) is 250 cm³/mol. The highest BCUT2D eigenvalue weighted by Gasteiger charge is 2.23. The number of rotatable bonds is 4. The molecular formula is C54H30N8. The average molecular weight is 791 g/mol. The molecule has 0 radical (unpaired) electrons. The standard InChI is InChI=1S/C54H30N8/c1-3-15-33(16-4-1)59-44-23-11-9-21-37(44)41-30-49-42(29-48(41)59)38-22-10-13-25-46(38)61(49)50-32-55-53-43(57-50)31-56-54(58-53)62-47-26-14-8-20-36(47)40-28-27-39-35-19-7-12-24-45(35)60(51(39)52(40)62)34-17-5-2-6-18-34/h1-3,5-15,17-32H. The van der Waals surface area contributed by atoms with Crippen molar-refractivity contribution in [3.63, 3.8) is 0 Å². The van der Waals surface area contributed by atoms with Crippen LogP contribution in [-0.4, -0.2) is 38.2 Å². The van der Waals surface area contributed by atoms with E-state index < -0.39 is 0 Å². The normalized spacial score (nSPS) is 12.1. The van der Waals surface area contributed by atoms with Crippen LogP contribution < -0.4 is 0 Å². The molecule has 14 rings (SSSR count). The van der Waals surface area contributed by atoms with Crippen LogP contribution in [-0.2, 0) is 0 Å². The van der Waals surface area contributed by atoms with Gasteiger partial charge in [0.2, 0.25) is 5.95 Å². The average Bonchev–Trinajstić information content (AvgIpc) is 4.06. The zero-order valence-electron chi connectivity index (χ0n) is 32.9. The van der Waals surface area contributed by atoms with Crippen molar-refractivity contribution in [2.45, 2.75) is 0 Å². The Bertz CT molecular complexity index is 4150. The molecule has 0 fully saturated rings. The fraction of sp³-hybridized carbons (Fsp3) is 0. The van der Waals surface area contributed by atoms with Gasteiger partial charge in [-0.15, -0.1) is 0 Å². The van der Waals surface area contributed by atoms with Gasteiger partial charge in [-0.05, 0) is 66.7 Å². The van der Waals surface area contributed by atoms with Crippen LogP contribution in [0, 0.1) is 12.1 Å². The van der Waals surface area contributed by atoms with E-state index in [0.29, 0.717) is 22.9 Å². The van der Waals surface area contributed by atoms with Crippen LogP contribution >= 0.6 is 0 Å². The molecule has 0 atom stereocenters. The van der Waals surface area contributed by atoms with Crippen LogP contribution in [0.4, 0.5) is 0 Å². The van der Waals surface area contributed by atoms with Crippen LogP contribution in [0.2, 0.25) is 0 Å². The van der Waals surface area contributed by atoms with E-state index in [4.69, 9.17) is 19.9 Å². The molecule has 0 N–H and O–H groups in total. The summed E-state index contributed by atoms with van der Waals surface area (Å²) in [6, 6.07) is 66.3. The molecule has 8 heteroatoms. The number of hydrogen-bond donors (Lipinski definition) is 0. The van der Waals surface area contributed by atoms with Crippen molar-refractivity contribution in [2.24, 2.45) is 0 Å². The molecule has 0 saturated carbocycles. The molecule has 62 heavy (non-hydrogen) atoms. The number of hydrogen-bond acceptors (Lipinski definition) is 4. The van der Waals surface area contributed by atoms with Gasteiger partial charge in [-0.25, -0.2) is 15.0 Å². The van der Waals surface area contributed by atoms with E-state index in [1.54, 1.807) is 0 Å². The second-order valence-electron chi connectivity index (χ2n) is 15.8. The molecule has 6 aromatic heterocycles. The Labute approximate surface area is 352 Å². The molecule has 0 amide bonds. The van der Waals surface area contributed by atoms with Crippen LogP contribution in [0.3, 0.4) is 0 Å². The lowest BCUT2D eigenvalue weighted by molar-refractivity contribution is 0.985. The smallest absolute Gasteiger partial charge is 0.236 e. The highest BCUT2D eigenvalue weighted by atomic mass is 15.2. The summed E-state index contributed by atoms with van der Waals surface area (Å²) in [7, 11) is 0. The van der Waals surface area contributed by atoms with Gasteiger partial charge in [-0.1, -0.05) is 115 Å². The lowest BCUT2D eigenvalue weighted by Gasteiger charge is -2.12. The largest absolute Gasteiger partial charge is 0.307 e. The van der Waals surface area contributed by atoms with Gasteiger partial charge in [-0.3, -0.25) is 9.13 Å².